The van der Waals surface area contributed by atoms with Crippen LogP contribution < -0.4 is 11.1 Å². The molecular formula is C28H36ClF2N5O3S. The third-order valence-electron chi connectivity index (χ3n) is 8.10. The van der Waals surface area contributed by atoms with Gasteiger partial charge >= 0.3 is 0 Å². The summed E-state index contributed by atoms with van der Waals surface area (Å²) in [4.78, 5) is 31.4. The second kappa shape index (κ2) is 12.2. The minimum Gasteiger partial charge on any atom is -0.380 e. The van der Waals surface area contributed by atoms with Gasteiger partial charge in [0.2, 0.25) is 0 Å². The van der Waals surface area contributed by atoms with Gasteiger partial charge in [-0.15, -0.1) is 0 Å². The van der Waals surface area contributed by atoms with E-state index in [1.165, 1.54) is 6.92 Å². The van der Waals surface area contributed by atoms with Crippen LogP contribution in [0.1, 0.15) is 42.1 Å². The molecule has 0 aliphatic carbocycles. The van der Waals surface area contributed by atoms with E-state index in [1.807, 2.05) is 6.07 Å². The SMILES string of the molecule is C[C@@](O)(C(=O)N1CCC(N2CC(Nc3ccc(C(=O)N4CCC(N)C4)c(Cl)c3)C2)CC1)c1cc(F)cc(F)c1.S. The number of nitrogens with one attached hydrogen (secondary N) is 1. The molecule has 40 heavy (non-hydrogen) atoms. The first-order chi connectivity index (χ1) is 18.5. The topological polar surface area (TPSA) is 102 Å². The van der Waals surface area contributed by atoms with Gasteiger partial charge in [0.05, 0.1) is 16.6 Å². The fraction of sp³-hybridized carbons (Fsp3) is 0.500. The van der Waals surface area contributed by atoms with Crippen LogP contribution in [0, 0.1) is 11.6 Å². The molecule has 0 saturated carbocycles. The van der Waals surface area contributed by atoms with Crippen LogP contribution in [-0.4, -0.2) is 89.0 Å². The summed E-state index contributed by atoms with van der Waals surface area (Å²) in [5.41, 5.74) is 5.15. The highest BCUT2D eigenvalue weighted by atomic mass is 35.5. The Bertz CT molecular complexity index is 1230. The molecule has 5 rings (SSSR count). The molecule has 0 bridgehead atoms. The Hall–Kier alpha value is -2.44. The number of hydrogen-bond acceptors (Lipinski definition) is 6. The Kier molecular flexibility index (Phi) is 9.31. The number of hydrogen-bond donors (Lipinski definition) is 3. The Morgan fingerprint density at radius 2 is 1.62 bits per heavy atom. The largest absolute Gasteiger partial charge is 0.380 e. The zero-order valence-electron chi connectivity index (χ0n) is 22.4. The Morgan fingerprint density at radius 1 is 1.00 bits per heavy atom. The molecule has 2 amide bonds. The molecule has 12 heteroatoms. The van der Waals surface area contributed by atoms with Gasteiger partial charge in [-0.2, -0.15) is 13.5 Å². The number of aliphatic hydroxyl groups is 1. The van der Waals surface area contributed by atoms with Crippen molar-refractivity contribution in [3.05, 3.63) is 64.2 Å². The van der Waals surface area contributed by atoms with Gasteiger partial charge in [0.1, 0.15) is 11.6 Å². The molecule has 1 unspecified atom stereocenters. The molecule has 0 spiro atoms. The van der Waals surface area contributed by atoms with E-state index in [0.29, 0.717) is 48.9 Å². The van der Waals surface area contributed by atoms with Crippen molar-refractivity contribution in [1.82, 2.24) is 14.7 Å². The average Bonchev–Trinajstić information content (AvgIpc) is 3.31. The van der Waals surface area contributed by atoms with Crippen LogP contribution in [0.15, 0.2) is 36.4 Å². The Morgan fingerprint density at radius 3 is 2.20 bits per heavy atom. The lowest BCUT2D eigenvalue weighted by Crippen LogP contribution is -2.61. The van der Waals surface area contributed by atoms with Crippen LogP contribution in [0.2, 0.25) is 5.02 Å². The molecule has 4 N–H and O–H groups in total. The van der Waals surface area contributed by atoms with Crippen molar-refractivity contribution in [1.29, 1.82) is 0 Å². The molecule has 2 aromatic rings. The highest BCUT2D eigenvalue weighted by molar-refractivity contribution is 7.59. The van der Waals surface area contributed by atoms with Crippen LogP contribution in [0.3, 0.4) is 0 Å². The third kappa shape index (κ3) is 6.38. The first kappa shape index (κ1) is 30.5. The number of piperidine rings is 1. The van der Waals surface area contributed by atoms with E-state index in [-0.39, 0.29) is 37.1 Å². The van der Waals surface area contributed by atoms with Crippen molar-refractivity contribution in [2.45, 2.75) is 49.9 Å². The second-order valence-electron chi connectivity index (χ2n) is 11.0. The maximum absolute atomic E-state index is 13.6. The fourth-order valence-corrected chi connectivity index (χ4v) is 6.02. The number of likely N-dealkylation sites (tertiary alicyclic amines) is 3. The number of carbonyl (C=O) groups excluding carboxylic acids is 2. The molecule has 3 aliphatic rings. The van der Waals surface area contributed by atoms with E-state index in [4.69, 9.17) is 17.3 Å². The monoisotopic (exact) mass is 595 g/mol. The predicted molar refractivity (Wildman–Crippen MR) is 155 cm³/mol. The number of carbonyl (C=O) groups is 2. The Labute approximate surface area is 244 Å². The van der Waals surface area contributed by atoms with Crippen LogP contribution in [0.25, 0.3) is 0 Å². The fourth-order valence-electron chi connectivity index (χ4n) is 5.76. The van der Waals surface area contributed by atoms with Gasteiger partial charge in [0, 0.05) is 63.1 Å². The molecule has 3 saturated heterocycles. The highest BCUT2D eigenvalue weighted by Gasteiger charge is 2.40. The van der Waals surface area contributed by atoms with Crippen molar-refractivity contribution in [2.24, 2.45) is 5.73 Å². The molecular weight excluding hydrogens is 560 g/mol. The van der Waals surface area contributed by atoms with E-state index < -0.39 is 23.1 Å². The summed E-state index contributed by atoms with van der Waals surface area (Å²) in [5.74, 6) is -2.32. The molecule has 0 radical (unpaired) electrons. The molecule has 0 aromatic heterocycles. The van der Waals surface area contributed by atoms with Crippen LogP contribution in [0.5, 0.6) is 0 Å². The maximum Gasteiger partial charge on any atom is 0.258 e. The summed E-state index contributed by atoms with van der Waals surface area (Å²) in [5, 5.41) is 14.7. The summed E-state index contributed by atoms with van der Waals surface area (Å²) in [6.45, 7) is 5.06. The van der Waals surface area contributed by atoms with Crippen LogP contribution >= 0.6 is 25.1 Å². The van der Waals surface area contributed by atoms with E-state index in [0.717, 1.165) is 50.2 Å². The van der Waals surface area contributed by atoms with Crippen molar-refractivity contribution in [2.75, 3.05) is 44.6 Å². The lowest BCUT2D eigenvalue weighted by molar-refractivity contribution is -0.152. The lowest BCUT2D eigenvalue weighted by atomic mass is 9.91. The second-order valence-corrected chi connectivity index (χ2v) is 11.5. The molecule has 3 fully saturated rings. The van der Waals surface area contributed by atoms with E-state index in [2.05, 4.69) is 10.2 Å². The third-order valence-corrected chi connectivity index (χ3v) is 8.41. The lowest BCUT2D eigenvalue weighted by Gasteiger charge is -2.48. The van der Waals surface area contributed by atoms with Crippen LogP contribution in [0.4, 0.5) is 14.5 Å². The van der Waals surface area contributed by atoms with Crippen molar-refractivity contribution < 1.29 is 23.5 Å². The van der Waals surface area contributed by atoms with Gasteiger partial charge in [-0.25, -0.2) is 8.78 Å². The van der Waals surface area contributed by atoms with E-state index >= 15 is 0 Å². The number of rotatable bonds is 6. The van der Waals surface area contributed by atoms with Gasteiger partial charge in [0.25, 0.3) is 11.8 Å². The van der Waals surface area contributed by atoms with Crippen molar-refractivity contribution in [3.8, 4) is 0 Å². The molecule has 2 aromatic carbocycles. The molecule has 3 aliphatic heterocycles. The minimum atomic E-state index is -2.01. The minimum absolute atomic E-state index is 0. The molecule has 218 valence electrons. The Balaban J connectivity index is 0.00000370. The summed E-state index contributed by atoms with van der Waals surface area (Å²) in [6.07, 6.45) is 2.29. The van der Waals surface area contributed by atoms with Gasteiger partial charge in [-0.05, 0) is 62.1 Å². The molecule has 8 nitrogen and oxygen atoms in total. The quantitative estimate of drug-likeness (QED) is 0.475. The summed E-state index contributed by atoms with van der Waals surface area (Å²) >= 11 is 6.44. The average molecular weight is 596 g/mol. The number of nitrogens with two attached hydrogens (primary N) is 1. The number of amides is 2. The zero-order chi connectivity index (χ0) is 27.9. The van der Waals surface area contributed by atoms with Gasteiger partial charge in [-0.1, -0.05) is 11.6 Å². The van der Waals surface area contributed by atoms with Crippen molar-refractivity contribution >= 4 is 42.6 Å². The highest BCUT2D eigenvalue weighted by Crippen LogP contribution is 2.30. The summed E-state index contributed by atoms with van der Waals surface area (Å²) < 4.78 is 27.3. The first-order valence-corrected chi connectivity index (χ1v) is 13.7. The molecule has 2 atom stereocenters. The van der Waals surface area contributed by atoms with Crippen molar-refractivity contribution in [3.63, 3.8) is 0 Å². The van der Waals surface area contributed by atoms with Crippen LogP contribution in [-0.2, 0) is 10.4 Å². The smallest absolute Gasteiger partial charge is 0.258 e. The molecule has 3 heterocycles. The summed E-state index contributed by atoms with van der Waals surface area (Å²) in [7, 11) is 0. The normalized spacial score (nSPS) is 21.9. The first-order valence-electron chi connectivity index (χ1n) is 13.3. The van der Waals surface area contributed by atoms with E-state index in [9.17, 15) is 23.5 Å². The number of anilines is 1. The number of nitrogens with zero attached hydrogens (tertiary/aromatic N) is 3. The van der Waals surface area contributed by atoms with E-state index in [1.54, 1.807) is 21.9 Å². The standard InChI is InChI=1S/C28H34ClF2N5O3.H2S/c1-28(39,17-10-18(30)12-19(31)11-17)27(38)34-8-5-23(6-9-34)36-15-22(16-36)33-21-2-3-24(25(29)13-21)26(37)35-7-4-20(32)14-35;/h2-3,10-13,20,22-23,33,39H,4-9,14-16,32H2,1H3;1H2/t20?,28-;/m0./s1. The summed E-state index contributed by atoms with van der Waals surface area (Å²) in [6, 6.07) is 8.66. The maximum atomic E-state index is 13.6. The number of benzene rings is 2. The number of halogens is 3. The van der Waals surface area contributed by atoms with Gasteiger partial charge in [-0.3, -0.25) is 14.5 Å². The predicted octanol–water partition coefficient (Wildman–Crippen LogP) is 2.90. The van der Waals surface area contributed by atoms with Gasteiger partial charge < -0.3 is 26.0 Å². The zero-order valence-corrected chi connectivity index (χ0v) is 24.1. The van der Waals surface area contributed by atoms with Gasteiger partial charge in [0.15, 0.2) is 5.60 Å².